The minimum absolute atomic E-state index is 0.207. The van der Waals surface area contributed by atoms with Crippen molar-refractivity contribution in [3.05, 3.63) is 71.8 Å². The van der Waals surface area contributed by atoms with E-state index in [2.05, 4.69) is 4.74 Å². The van der Waals surface area contributed by atoms with Gasteiger partial charge in [0.25, 0.3) is 0 Å². The summed E-state index contributed by atoms with van der Waals surface area (Å²) in [5, 5.41) is 0. The molecule has 0 N–H and O–H groups in total. The summed E-state index contributed by atoms with van der Waals surface area (Å²) in [6.45, 7) is 0.415. The van der Waals surface area contributed by atoms with Gasteiger partial charge in [-0.3, -0.25) is 0 Å². The lowest BCUT2D eigenvalue weighted by atomic mass is 10.2. The zero-order valence-electron chi connectivity index (χ0n) is 12.4. The lowest BCUT2D eigenvalue weighted by Gasteiger charge is -2.15. The first-order valence-electron chi connectivity index (χ1n) is 7.30. The average molecular weight is 312 g/mol. The fourth-order valence-corrected chi connectivity index (χ4v) is 2.29. The quantitative estimate of drug-likeness (QED) is 0.605. The number of rotatable bonds is 6. The highest BCUT2D eigenvalue weighted by Gasteiger charge is 2.46. The van der Waals surface area contributed by atoms with Gasteiger partial charge in [0.05, 0.1) is 13.2 Å². The molecule has 5 heteroatoms. The fourth-order valence-electron chi connectivity index (χ4n) is 2.29. The van der Waals surface area contributed by atoms with Gasteiger partial charge in [-0.15, -0.1) is 0 Å². The zero-order chi connectivity index (χ0) is 16.1. The van der Waals surface area contributed by atoms with E-state index in [4.69, 9.17) is 9.47 Å². The van der Waals surface area contributed by atoms with E-state index in [9.17, 15) is 9.59 Å². The van der Waals surface area contributed by atoms with Crippen LogP contribution >= 0.6 is 0 Å². The molecule has 2 aromatic carbocycles. The van der Waals surface area contributed by atoms with E-state index in [1.807, 2.05) is 60.7 Å². The summed E-state index contributed by atoms with van der Waals surface area (Å²) in [6, 6.07) is 18.8. The van der Waals surface area contributed by atoms with Crippen molar-refractivity contribution in [1.82, 2.24) is 0 Å². The largest absolute Gasteiger partial charge is 0.389 e. The third kappa shape index (κ3) is 3.83. The molecule has 0 spiro atoms. The van der Waals surface area contributed by atoms with E-state index in [0.29, 0.717) is 0 Å². The number of carbonyl (C=O) groups excluding carboxylic acids is 2. The maximum absolute atomic E-state index is 11.8. The molecule has 2 atom stereocenters. The van der Waals surface area contributed by atoms with Gasteiger partial charge in [0, 0.05) is 0 Å². The van der Waals surface area contributed by atoms with Crippen molar-refractivity contribution in [1.29, 1.82) is 0 Å². The van der Waals surface area contributed by atoms with Crippen molar-refractivity contribution in [2.24, 2.45) is 0 Å². The molecule has 5 nitrogen and oxygen atoms in total. The van der Waals surface area contributed by atoms with Crippen LogP contribution in [0.25, 0.3) is 0 Å². The molecule has 0 amide bonds. The van der Waals surface area contributed by atoms with Gasteiger partial charge in [-0.25, -0.2) is 9.59 Å². The average Bonchev–Trinajstić information content (AvgIpc) is 2.86. The van der Waals surface area contributed by atoms with Crippen molar-refractivity contribution in [3.63, 3.8) is 0 Å². The molecule has 1 saturated heterocycles. The van der Waals surface area contributed by atoms with Crippen LogP contribution in [0.3, 0.4) is 0 Å². The maximum Gasteiger partial charge on any atom is 0.346 e. The Morgan fingerprint density at radius 1 is 0.696 bits per heavy atom. The minimum Gasteiger partial charge on any atom is -0.389 e. The number of hydrogen-bond acceptors (Lipinski definition) is 5. The monoisotopic (exact) mass is 312 g/mol. The van der Waals surface area contributed by atoms with Gasteiger partial charge in [-0.1, -0.05) is 60.7 Å². The van der Waals surface area contributed by atoms with Crippen molar-refractivity contribution < 1.29 is 23.8 Å². The van der Waals surface area contributed by atoms with Crippen molar-refractivity contribution >= 4 is 11.9 Å². The normalized spacial score (nSPS) is 20.5. The Labute approximate surface area is 133 Å². The molecule has 0 aliphatic carbocycles. The van der Waals surface area contributed by atoms with Crippen LogP contribution in [-0.4, -0.2) is 24.1 Å². The smallest absolute Gasteiger partial charge is 0.346 e. The van der Waals surface area contributed by atoms with Crippen LogP contribution < -0.4 is 0 Å². The highest BCUT2D eigenvalue weighted by molar-refractivity contribution is 5.99. The van der Waals surface area contributed by atoms with E-state index < -0.39 is 24.1 Å². The van der Waals surface area contributed by atoms with E-state index in [1.54, 1.807) is 0 Å². The molecular formula is C18H16O5. The van der Waals surface area contributed by atoms with Gasteiger partial charge >= 0.3 is 11.9 Å². The van der Waals surface area contributed by atoms with E-state index >= 15 is 0 Å². The number of benzene rings is 2. The van der Waals surface area contributed by atoms with Gasteiger partial charge in [0.1, 0.15) is 0 Å². The predicted octanol–water partition coefficient (Wildman–Crippen LogP) is 2.24. The van der Waals surface area contributed by atoms with Crippen molar-refractivity contribution in [3.8, 4) is 0 Å². The van der Waals surface area contributed by atoms with Crippen molar-refractivity contribution in [2.75, 3.05) is 0 Å². The Hall–Kier alpha value is -2.50. The maximum atomic E-state index is 11.8. The van der Waals surface area contributed by atoms with Crippen LogP contribution in [-0.2, 0) is 37.0 Å². The topological polar surface area (TPSA) is 61.8 Å². The Morgan fingerprint density at radius 3 is 1.48 bits per heavy atom. The molecule has 0 unspecified atom stereocenters. The first-order chi connectivity index (χ1) is 11.2. The van der Waals surface area contributed by atoms with E-state index in [0.717, 1.165) is 11.1 Å². The summed E-state index contributed by atoms with van der Waals surface area (Å²) >= 11 is 0. The molecule has 0 radical (unpaired) electrons. The summed E-state index contributed by atoms with van der Waals surface area (Å²) in [6.07, 6.45) is -2.07. The second-order valence-corrected chi connectivity index (χ2v) is 5.17. The van der Waals surface area contributed by atoms with Gasteiger partial charge in [0.2, 0.25) is 0 Å². The summed E-state index contributed by atoms with van der Waals surface area (Å²) in [7, 11) is 0. The summed E-state index contributed by atoms with van der Waals surface area (Å²) in [5.41, 5.74) is 1.81. The number of esters is 2. The van der Waals surface area contributed by atoms with Gasteiger partial charge in [-0.05, 0) is 11.1 Å². The standard InChI is InChI=1S/C18H16O5/c19-17-15(21-11-13-7-3-1-4-8-13)16(18(20)23-17)22-12-14-9-5-2-6-10-14/h1-10,15-16H,11-12H2/t15-,16-/m0/s1. The second kappa shape index (κ2) is 7.17. The molecule has 3 rings (SSSR count). The third-order valence-electron chi connectivity index (χ3n) is 3.49. The molecule has 1 heterocycles. The lowest BCUT2D eigenvalue weighted by molar-refractivity contribution is -0.156. The Bertz CT molecular complexity index is 609. The Kier molecular flexibility index (Phi) is 4.80. The Balaban J connectivity index is 1.62. The molecule has 23 heavy (non-hydrogen) atoms. The van der Waals surface area contributed by atoms with Crippen LogP contribution in [0.1, 0.15) is 11.1 Å². The number of hydrogen-bond donors (Lipinski definition) is 0. The number of ether oxygens (including phenoxy) is 3. The zero-order valence-corrected chi connectivity index (χ0v) is 12.4. The van der Waals surface area contributed by atoms with Gasteiger partial charge < -0.3 is 14.2 Å². The molecule has 1 aliphatic heterocycles. The van der Waals surface area contributed by atoms with Gasteiger partial charge in [-0.2, -0.15) is 0 Å². The van der Waals surface area contributed by atoms with Crippen LogP contribution in [0.5, 0.6) is 0 Å². The van der Waals surface area contributed by atoms with E-state index in [1.165, 1.54) is 0 Å². The van der Waals surface area contributed by atoms with E-state index in [-0.39, 0.29) is 13.2 Å². The molecule has 1 aliphatic rings. The van der Waals surface area contributed by atoms with Crippen LogP contribution in [0, 0.1) is 0 Å². The Morgan fingerprint density at radius 2 is 1.09 bits per heavy atom. The highest BCUT2D eigenvalue weighted by atomic mass is 16.7. The first kappa shape index (κ1) is 15.4. The molecular weight excluding hydrogens is 296 g/mol. The predicted molar refractivity (Wildman–Crippen MR) is 81.1 cm³/mol. The molecule has 0 aromatic heterocycles. The lowest BCUT2D eigenvalue weighted by Crippen LogP contribution is -2.34. The van der Waals surface area contributed by atoms with Crippen LogP contribution in [0.15, 0.2) is 60.7 Å². The first-order valence-corrected chi connectivity index (χ1v) is 7.30. The molecule has 2 aromatic rings. The van der Waals surface area contributed by atoms with Crippen LogP contribution in [0.4, 0.5) is 0 Å². The fraction of sp³-hybridized carbons (Fsp3) is 0.222. The summed E-state index contributed by atoms with van der Waals surface area (Å²) in [4.78, 5) is 23.6. The van der Waals surface area contributed by atoms with Gasteiger partial charge in [0.15, 0.2) is 12.2 Å². The SMILES string of the molecule is O=C1OC(=O)[C@@H](OCc2ccccc2)[C@@H]1OCc1ccccc1. The van der Waals surface area contributed by atoms with Crippen LogP contribution in [0.2, 0.25) is 0 Å². The third-order valence-corrected chi connectivity index (χ3v) is 3.49. The minimum atomic E-state index is -1.04. The summed E-state index contributed by atoms with van der Waals surface area (Å²) in [5.74, 6) is -1.41. The molecule has 1 fully saturated rings. The molecule has 0 bridgehead atoms. The number of carbonyl (C=O) groups is 2. The number of cyclic esters (lactones) is 2. The summed E-state index contributed by atoms with van der Waals surface area (Å²) < 4.78 is 15.7. The molecule has 0 saturated carbocycles. The molecule has 118 valence electrons. The second-order valence-electron chi connectivity index (χ2n) is 5.17. The highest BCUT2D eigenvalue weighted by Crippen LogP contribution is 2.20. The van der Waals surface area contributed by atoms with Crippen molar-refractivity contribution in [2.45, 2.75) is 25.4 Å².